The average molecular weight is 297 g/mol. The molecule has 4 heteroatoms. The lowest BCUT2D eigenvalue weighted by atomic mass is 9.48. The molecule has 4 rings (SSSR count). The minimum atomic E-state index is 0.145. The van der Waals surface area contributed by atoms with Crippen molar-refractivity contribution in [1.82, 2.24) is 5.32 Å². The van der Waals surface area contributed by atoms with Crippen LogP contribution in [-0.2, 0) is 4.79 Å². The Morgan fingerprint density at radius 3 is 2.30 bits per heavy atom. The fraction of sp³-hybridized carbons (Fsp3) is 0.938. The minimum Gasteiger partial charge on any atom is -0.396 e. The predicted octanol–water partition coefficient (Wildman–Crippen LogP) is 2.43. The highest BCUT2D eigenvalue weighted by Crippen LogP contribution is 2.61. The summed E-state index contributed by atoms with van der Waals surface area (Å²) in [6, 6.07) is 0.318. The Kier molecular flexibility index (Phi) is 4.32. The number of aliphatic hydroxyl groups excluding tert-OH is 1. The maximum absolute atomic E-state index is 12.0. The summed E-state index contributed by atoms with van der Waals surface area (Å²) in [6.45, 7) is 2.38. The van der Waals surface area contributed by atoms with Gasteiger partial charge in [-0.05, 0) is 68.6 Å². The normalized spacial score (nSPS) is 39.8. The van der Waals surface area contributed by atoms with Crippen LogP contribution in [0.25, 0.3) is 0 Å². The van der Waals surface area contributed by atoms with E-state index in [0.29, 0.717) is 23.0 Å². The zero-order chi connectivity index (χ0) is 14.2. The van der Waals surface area contributed by atoms with Crippen LogP contribution in [0.2, 0.25) is 0 Å². The second-order valence-electron chi connectivity index (χ2n) is 7.35. The first kappa shape index (κ1) is 14.7. The Hall–Kier alpha value is -0.220. The van der Waals surface area contributed by atoms with Crippen molar-refractivity contribution in [2.24, 2.45) is 23.2 Å². The van der Waals surface area contributed by atoms with Crippen molar-refractivity contribution < 1.29 is 9.90 Å². The van der Waals surface area contributed by atoms with Gasteiger partial charge >= 0.3 is 0 Å². The summed E-state index contributed by atoms with van der Waals surface area (Å²) in [5.41, 5.74) is 0.395. The lowest BCUT2D eigenvalue weighted by Crippen LogP contribution is -2.56. The zero-order valence-electron chi connectivity index (χ0n) is 12.4. The highest BCUT2D eigenvalue weighted by molar-refractivity contribution is 7.99. The molecule has 20 heavy (non-hydrogen) atoms. The second-order valence-corrected chi connectivity index (χ2v) is 8.45. The van der Waals surface area contributed by atoms with Crippen LogP contribution in [0.15, 0.2) is 0 Å². The molecule has 4 aliphatic carbocycles. The van der Waals surface area contributed by atoms with Gasteiger partial charge in [-0.25, -0.2) is 0 Å². The van der Waals surface area contributed by atoms with E-state index in [1.165, 1.54) is 50.3 Å². The van der Waals surface area contributed by atoms with Crippen molar-refractivity contribution in [1.29, 1.82) is 0 Å². The van der Waals surface area contributed by atoms with Gasteiger partial charge in [0.05, 0.1) is 12.4 Å². The monoisotopic (exact) mass is 297 g/mol. The molecule has 4 fully saturated rings. The number of carbonyl (C=O) groups excluding carboxylic acids is 1. The van der Waals surface area contributed by atoms with Crippen molar-refractivity contribution in [3.05, 3.63) is 0 Å². The van der Waals surface area contributed by atoms with Crippen molar-refractivity contribution in [3.63, 3.8) is 0 Å². The van der Waals surface area contributed by atoms with E-state index in [0.717, 1.165) is 17.8 Å². The number of amides is 1. The topological polar surface area (TPSA) is 49.3 Å². The summed E-state index contributed by atoms with van der Waals surface area (Å²) in [5, 5.41) is 12.0. The molecule has 0 aliphatic heterocycles. The number of aliphatic hydroxyl groups is 1. The summed E-state index contributed by atoms with van der Waals surface area (Å²) in [7, 11) is 0. The molecule has 0 saturated heterocycles. The Labute approximate surface area is 126 Å². The van der Waals surface area contributed by atoms with Crippen molar-refractivity contribution in [2.75, 3.05) is 18.1 Å². The molecule has 4 saturated carbocycles. The standard InChI is InChI=1S/C16H27NO2S/c1-11(17-15(19)10-20-3-2-18)16-7-12-4-13(8-16)6-14(5-12)9-16/h11-14,18H,2-10H2,1H3,(H,17,19)/t11-,12?,13?,14?,16?/m1/s1. The SMILES string of the molecule is C[C@@H](NC(=O)CSCCO)C12CC3CC(CC(C3)C1)C2. The van der Waals surface area contributed by atoms with E-state index in [1.807, 2.05) is 0 Å². The highest BCUT2D eigenvalue weighted by Gasteiger charge is 2.53. The van der Waals surface area contributed by atoms with E-state index in [9.17, 15) is 4.79 Å². The Morgan fingerprint density at radius 2 is 1.80 bits per heavy atom. The lowest BCUT2D eigenvalue weighted by molar-refractivity contribution is -0.123. The average Bonchev–Trinajstić information content (AvgIpc) is 2.37. The molecule has 0 aromatic rings. The Bertz CT molecular complexity index is 336. The van der Waals surface area contributed by atoms with Gasteiger partial charge in [0, 0.05) is 11.8 Å². The van der Waals surface area contributed by atoms with Gasteiger partial charge < -0.3 is 10.4 Å². The number of hydrogen-bond donors (Lipinski definition) is 2. The zero-order valence-corrected chi connectivity index (χ0v) is 13.3. The van der Waals surface area contributed by atoms with Crippen molar-refractivity contribution >= 4 is 17.7 Å². The molecule has 4 aliphatic rings. The van der Waals surface area contributed by atoms with E-state index in [-0.39, 0.29) is 12.5 Å². The smallest absolute Gasteiger partial charge is 0.230 e. The first-order chi connectivity index (χ1) is 9.61. The van der Waals surface area contributed by atoms with Gasteiger partial charge in [-0.3, -0.25) is 4.79 Å². The third-order valence-electron chi connectivity index (χ3n) is 5.85. The quantitative estimate of drug-likeness (QED) is 0.740. The van der Waals surface area contributed by atoms with Crippen LogP contribution in [0.1, 0.15) is 45.4 Å². The molecule has 4 bridgehead atoms. The fourth-order valence-corrected chi connectivity index (χ4v) is 5.92. The van der Waals surface area contributed by atoms with Gasteiger partial charge in [-0.15, -0.1) is 11.8 Å². The van der Waals surface area contributed by atoms with Crippen molar-refractivity contribution in [2.45, 2.75) is 51.5 Å². The van der Waals surface area contributed by atoms with Crippen LogP contribution >= 0.6 is 11.8 Å². The van der Waals surface area contributed by atoms with Gasteiger partial charge in [0.2, 0.25) is 5.91 Å². The van der Waals surface area contributed by atoms with Crippen LogP contribution in [0.5, 0.6) is 0 Å². The molecule has 114 valence electrons. The Balaban J connectivity index is 1.56. The van der Waals surface area contributed by atoms with Gasteiger partial charge in [-0.2, -0.15) is 0 Å². The number of nitrogens with one attached hydrogen (secondary N) is 1. The van der Waals surface area contributed by atoms with Crippen LogP contribution in [0.3, 0.4) is 0 Å². The van der Waals surface area contributed by atoms with E-state index < -0.39 is 0 Å². The van der Waals surface area contributed by atoms with Gasteiger partial charge in [0.1, 0.15) is 0 Å². The van der Waals surface area contributed by atoms with Crippen LogP contribution < -0.4 is 5.32 Å². The molecule has 0 radical (unpaired) electrons. The summed E-state index contributed by atoms with van der Waals surface area (Å²) in [6.07, 6.45) is 8.36. The van der Waals surface area contributed by atoms with Crippen molar-refractivity contribution in [3.8, 4) is 0 Å². The largest absolute Gasteiger partial charge is 0.396 e. The lowest BCUT2D eigenvalue weighted by Gasteiger charge is -2.59. The second kappa shape index (κ2) is 5.88. The molecule has 0 aromatic heterocycles. The minimum absolute atomic E-state index is 0.145. The molecule has 0 unspecified atom stereocenters. The van der Waals surface area contributed by atoms with Crippen LogP contribution in [0, 0.1) is 23.2 Å². The predicted molar refractivity (Wildman–Crippen MR) is 82.6 cm³/mol. The number of carbonyl (C=O) groups is 1. The summed E-state index contributed by atoms with van der Waals surface area (Å²) in [5.74, 6) is 4.08. The first-order valence-electron chi connectivity index (χ1n) is 8.09. The summed E-state index contributed by atoms with van der Waals surface area (Å²) >= 11 is 1.52. The number of rotatable bonds is 6. The number of thioether (sulfide) groups is 1. The maximum Gasteiger partial charge on any atom is 0.230 e. The maximum atomic E-state index is 12.0. The molecule has 0 spiro atoms. The summed E-state index contributed by atoms with van der Waals surface area (Å²) < 4.78 is 0. The van der Waals surface area contributed by atoms with Gasteiger partial charge in [-0.1, -0.05) is 0 Å². The molecular formula is C16H27NO2S. The van der Waals surface area contributed by atoms with E-state index in [2.05, 4.69) is 12.2 Å². The Morgan fingerprint density at radius 1 is 1.25 bits per heavy atom. The molecule has 1 atom stereocenters. The van der Waals surface area contributed by atoms with E-state index in [4.69, 9.17) is 5.11 Å². The van der Waals surface area contributed by atoms with Gasteiger partial charge in [0.15, 0.2) is 0 Å². The highest BCUT2D eigenvalue weighted by atomic mass is 32.2. The molecular weight excluding hydrogens is 270 g/mol. The molecule has 0 heterocycles. The molecule has 3 nitrogen and oxygen atoms in total. The number of hydrogen-bond acceptors (Lipinski definition) is 3. The van der Waals surface area contributed by atoms with Gasteiger partial charge in [0.25, 0.3) is 0 Å². The summed E-state index contributed by atoms with van der Waals surface area (Å²) in [4.78, 5) is 12.0. The van der Waals surface area contributed by atoms with Crippen LogP contribution in [0.4, 0.5) is 0 Å². The van der Waals surface area contributed by atoms with E-state index in [1.54, 1.807) is 0 Å². The first-order valence-corrected chi connectivity index (χ1v) is 9.25. The third-order valence-corrected chi connectivity index (χ3v) is 6.79. The third kappa shape index (κ3) is 2.87. The molecule has 1 amide bonds. The molecule has 0 aromatic carbocycles. The molecule has 2 N–H and O–H groups in total. The van der Waals surface area contributed by atoms with E-state index >= 15 is 0 Å². The fourth-order valence-electron chi connectivity index (χ4n) is 5.37. The van der Waals surface area contributed by atoms with Crippen LogP contribution in [-0.4, -0.2) is 35.2 Å².